The molecule has 0 bridgehead atoms. The highest BCUT2D eigenvalue weighted by Gasteiger charge is 2.19. The summed E-state index contributed by atoms with van der Waals surface area (Å²) in [5.74, 6) is 0.557. The molecule has 0 saturated heterocycles. The number of hydrogen-bond acceptors (Lipinski definition) is 5. The van der Waals surface area contributed by atoms with Gasteiger partial charge in [0.2, 0.25) is 0 Å². The Hall–Kier alpha value is -1.36. The first-order valence-corrected chi connectivity index (χ1v) is 6.23. The highest BCUT2D eigenvalue weighted by molar-refractivity contribution is 7.19. The zero-order valence-electron chi connectivity index (χ0n) is 9.12. The second-order valence-electron chi connectivity index (χ2n) is 3.99. The molecule has 1 aliphatic carbocycles. The Morgan fingerprint density at radius 1 is 1.25 bits per heavy atom. The van der Waals surface area contributed by atoms with Gasteiger partial charge in [-0.1, -0.05) is 0 Å². The first-order chi connectivity index (χ1) is 7.79. The van der Waals surface area contributed by atoms with E-state index in [9.17, 15) is 0 Å². The van der Waals surface area contributed by atoms with Crippen LogP contribution in [0.4, 0.5) is 5.82 Å². The summed E-state index contributed by atoms with van der Waals surface area (Å²) in [5, 5.41) is 1.06. The highest BCUT2D eigenvalue weighted by Crippen LogP contribution is 2.38. The molecular formula is C11H13N3OS. The average Bonchev–Trinajstić information content (AvgIpc) is 2.67. The molecule has 2 aromatic rings. The Balaban J connectivity index is 2.30. The number of nitrogens with two attached hydrogens (primary N) is 1. The summed E-state index contributed by atoms with van der Waals surface area (Å²) in [5.41, 5.74) is 7.34. The standard InChI is InChI=1S/C11H13N3OS/c1-15-11-13-9(12)8-6-4-2-3-5-7(6)16-10(8)14-11/h2-5H2,1H3,(H2,12,13,14). The van der Waals surface area contributed by atoms with Crippen molar-refractivity contribution in [1.29, 1.82) is 0 Å². The summed E-state index contributed by atoms with van der Waals surface area (Å²) in [6.07, 6.45) is 4.77. The molecule has 84 valence electrons. The summed E-state index contributed by atoms with van der Waals surface area (Å²) >= 11 is 1.73. The zero-order valence-corrected chi connectivity index (χ0v) is 9.93. The minimum Gasteiger partial charge on any atom is -0.467 e. The largest absolute Gasteiger partial charge is 0.467 e. The average molecular weight is 235 g/mol. The van der Waals surface area contributed by atoms with E-state index in [1.807, 2.05) is 0 Å². The van der Waals surface area contributed by atoms with E-state index >= 15 is 0 Å². The number of methoxy groups -OCH3 is 1. The minimum atomic E-state index is 0.364. The van der Waals surface area contributed by atoms with Crippen LogP contribution in [-0.4, -0.2) is 17.1 Å². The fourth-order valence-corrected chi connectivity index (χ4v) is 3.52. The lowest BCUT2D eigenvalue weighted by Gasteiger charge is -2.10. The van der Waals surface area contributed by atoms with Gasteiger partial charge in [0.25, 0.3) is 0 Å². The first kappa shape index (κ1) is 9.84. The lowest BCUT2D eigenvalue weighted by atomic mass is 9.97. The molecule has 2 N–H and O–H groups in total. The van der Waals surface area contributed by atoms with Crippen LogP contribution in [0, 0.1) is 0 Å². The monoisotopic (exact) mass is 235 g/mol. The van der Waals surface area contributed by atoms with Crippen LogP contribution in [0.2, 0.25) is 0 Å². The van der Waals surface area contributed by atoms with E-state index < -0.39 is 0 Å². The van der Waals surface area contributed by atoms with Gasteiger partial charge in [0.1, 0.15) is 10.6 Å². The van der Waals surface area contributed by atoms with E-state index in [0.717, 1.165) is 23.1 Å². The Labute approximate surface area is 97.5 Å². The third kappa shape index (κ3) is 1.35. The molecule has 16 heavy (non-hydrogen) atoms. The molecular weight excluding hydrogens is 222 g/mol. The van der Waals surface area contributed by atoms with Gasteiger partial charge < -0.3 is 10.5 Å². The van der Waals surface area contributed by atoms with Gasteiger partial charge in [0.05, 0.1) is 12.5 Å². The van der Waals surface area contributed by atoms with E-state index in [4.69, 9.17) is 10.5 Å². The number of anilines is 1. The summed E-state index contributed by atoms with van der Waals surface area (Å²) in [4.78, 5) is 10.9. The van der Waals surface area contributed by atoms with Crippen molar-refractivity contribution >= 4 is 27.4 Å². The number of nitrogens with zero attached hydrogens (tertiary/aromatic N) is 2. The second-order valence-corrected chi connectivity index (χ2v) is 5.07. The molecule has 4 nitrogen and oxygen atoms in total. The maximum atomic E-state index is 5.98. The molecule has 0 radical (unpaired) electrons. The maximum absolute atomic E-state index is 5.98. The van der Waals surface area contributed by atoms with Gasteiger partial charge in [0.15, 0.2) is 0 Å². The molecule has 5 heteroatoms. The van der Waals surface area contributed by atoms with E-state index in [1.54, 1.807) is 18.4 Å². The van der Waals surface area contributed by atoms with Crippen LogP contribution in [0.25, 0.3) is 10.2 Å². The summed E-state index contributed by atoms with van der Waals surface area (Å²) in [6, 6.07) is 0.364. The van der Waals surface area contributed by atoms with E-state index in [0.29, 0.717) is 11.8 Å². The van der Waals surface area contributed by atoms with Crippen LogP contribution in [0.15, 0.2) is 0 Å². The van der Waals surface area contributed by atoms with Crippen LogP contribution in [-0.2, 0) is 12.8 Å². The van der Waals surface area contributed by atoms with Gasteiger partial charge in [-0.25, -0.2) is 0 Å². The van der Waals surface area contributed by atoms with Gasteiger partial charge in [-0.2, -0.15) is 9.97 Å². The molecule has 0 unspecified atom stereocenters. The molecule has 0 spiro atoms. The number of fused-ring (bicyclic) bond motifs is 3. The molecule has 1 aliphatic rings. The van der Waals surface area contributed by atoms with Gasteiger partial charge in [-0.3, -0.25) is 0 Å². The summed E-state index contributed by atoms with van der Waals surface area (Å²) < 4.78 is 5.04. The number of ether oxygens (including phenoxy) is 1. The predicted octanol–water partition coefficient (Wildman–Crippen LogP) is 2.16. The van der Waals surface area contributed by atoms with Crippen molar-refractivity contribution in [3.63, 3.8) is 0 Å². The van der Waals surface area contributed by atoms with Crippen molar-refractivity contribution in [1.82, 2.24) is 9.97 Å². The second kappa shape index (κ2) is 3.59. The van der Waals surface area contributed by atoms with E-state index in [-0.39, 0.29) is 0 Å². The lowest BCUT2D eigenvalue weighted by molar-refractivity contribution is 0.382. The molecule has 2 heterocycles. The van der Waals surface area contributed by atoms with Crippen LogP contribution < -0.4 is 10.5 Å². The number of hydrogen-bond donors (Lipinski definition) is 1. The normalized spacial score (nSPS) is 15.1. The summed E-state index contributed by atoms with van der Waals surface area (Å²) in [7, 11) is 1.56. The van der Waals surface area contributed by atoms with Crippen LogP contribution in [0.5, 0.6) is 6.01 Å². The topological polar surface area (TPSA) is 61.0 Å². The third-order valence-corrected chi connectivity index (χ3v) is 4.19. The Bertz CT molecular complexity index is 550. The van der Waals surface area contributed by atoms with Crippen molar-refractivity contribution in [2.45, 2.75) is 25.7 Å². The van der Waals surface area contributed by atoms with Crippen molar-refractivity contribution < 1.29 is 4.74 Å². The van der Waals surface area contributed by atoms with Crippen LogP contribution in [0.3, 0.4) is 0 Å². The number of thiophene rings is 1. The fourth-order valence-electron chi connectivity index (χ4n) is 2.26. The number of aromatic nitrogens is 2. The number of nitrogen functional groups attached to an aromatic ring is 1. The molecule has 0 atom stereocenters. The molecule has 2 aromatic heterocycles. The molecule has 0 saturated carbocycles. The van der Waals surface area contributed by atoms with E-state index in [2.05, 4.69) is 9.97 Å². The van der Waals surface area contributed by atoms with Gasteiger partial charge in [0, 0.05) is 4.88 Å². The van der Waals surface area contributed by atoms with Crippen molar-refractivity contribution in [2.75, 3.05) is 12.8 Å². The number of aryl methyl sites for hydroxylation is 2. The fraction of sp³-hybridized carbons (Fsp3) is 0.455. The molecule has 0 amide bonds. The summed E-state index contributed by atoms with van der Waals surface area (Å²) in [6.45, 7) is 0. The predicted molar refractivity (Wildman–Crippen MR) is 65.0 cm³/mol. The van der Waals surface area contributed by atoms with Crippen molar-refractivity contribution in [3.8, 4) is 6.01 Å². The van der Waals surface area contributed by atoms with E-state index in [1.165, 1.54) is 23.3 Å². The van der Waals surface area contributed by atoms with Gasteiger partial charge in [-0.15, -0.1) is 11.3 Å². The maximum Gasteiger partial charge on any atom is 0.319 e. The Morgan fingerprint density at radius 2 is 2.06 bits per heavy atom. The number of rotatable bonds is 1. The molecule has 0 fully saturated rings. The van der Waals surface area contributed by atoms with Gasteiger partial charge in [-0.05, 0) is 31.2 Å². The first-order valence-electron chi connectivity index (χ1n) is 5.41. The molecule has 3 rings (SSSR count). The lowest BCUT2D eigenvalue weighted by Crippen LogP contribution is -2.01. The van der Waals surface area contributed by atoms with Crippen LogP contribution in [0.1, 0.15) is 23.3 Å². The van der Waals surface area contributed by atoms with Crippen molar-refractivity contribution in [2.24, 2.45) is 0 Å². The van der Waals surface area contributed by atoms with Crippen molar-refractivity contribution in [3.05, 3.63) is 10.4 Å². The van der Waals surface area contributed by atoms with Crippen LogP contribution >= 0.6 is 11.3 Å². The smallest absolute Gasteiger partial charge is 0.319 e. The Morgan fingerprint density at radius 3 is 2.88 bits per heavy atom. The quantitative estimate of drug-likeness (QED) is 0.822. The molecule has 0 aliphatic heterocycles. The highest BCUT2D eigenvalue weighted by atomic mass is 32.1. The van der Waals surface area contributed by atoms with Gasteiger partial charge >= 0.3 is 6.01 Å². The Kier molecular flexibility index (Phi) is 2.21. The SMILES string of the molecule is COc1nc(N)c2c3c(sc2n1)CCCC3. The zero-order chi connectivity index (χ0) is 11.1. The minimum absolute atomic E-state index is 0.364. The third-order valence-electron chi connectivity index (χ3n) is 3.00. The molecule has 0 aromatic carbocycles.